The molecule has 7 nitrogen and oxygen atoms in total. The lowest BCUT2D eigenvalue weighted by Gasteiger charge is -2.28. The summed E-state index contributed by atoms with van der Waals surface area (Å²) in [5.74, 6) is -0.250. The maximum absolute atomic E-state index is 14.3. The molecule has 1 fully saturated rings. The molecule has 2 amide bonds. The van der Waals surface area contributed by atoms with Gasteiger partial charge >= 0.3 is 0 Å². The topological polar surface area (TPSA) is 89.5 Å². The summed E-state index contributed by atoms with van der Waals surface area (Å²) in [5, 5.41) is 10.1. The summed E-state index contributed by atoms with van der Waals surface area (Å²) < 4.78 is 14.3. The maximum atomic E-state index is 14.3. The number of hydrogen-bond donors (Lipinski definition) is 2. The van der Waals surface area contributed by atoms with E-state index in [0.29, 0.717) is 23.7 Å². The van der Waals surface area contributed by atoms with E-state index >= 15 is 0 Å². The SMILES string of the molecule is CCCCCC(CN(O)C=O)C(=O)N1C[C@@H](F)C[C@@H]1c1nc2ccccc2[nH]1. The minimum absolute atomic E-state index is 0.00264. The maximum Gasteiger partial charge on any atom is 0.233 e. The third kappa shape index (κ3) is 4.49. The number of unbranched alkanes of at least 4 members (excludes halogenated alkanes) is 2. The lowest BCUT2D eigenvalue weighted by Crippen LogP contribution is -2.41. The first-order valence-electron chi connectivity index (χ1n) is 9.83. The largest absolute Gasteiger partial charge is 0.340 e. The van der Waals surface area contributed by atoms with Crippen LogP contribution < -0.4 is 0 Å². The normalized spacial score (nSPS) is 20.5. The summed E-state index contributed by atoms with van der Waals surface area (Å²) in [6, 6.07) is 7.04. The molecule has 0 spiro atoms. The van der Waals surface area contributed by atoms with Gasteiger partial charge in [-0.25, -0.2) is 14.4 Å². The van der Waals surface area contributed by atoms with Crippen molar-refractivity contribution in [2.75, 3.05) is 13.1 Å². The van der Waals surface area contributed by atoms with E-state index in [2.05, 4.69) is 16.9 Å². The second kappa shape index (κ2) is 9.14. The first-order valence-corrected chi connectivity index (χ1v) is 9.83. The number of nitrogens with zero attached hydrogens (tertiary/aromatic N) is 3. The molecule has 152 valence electrons. The molecule has 1 aromatic carbocycles. The van der Waals surface area contributed by atoms with Crippen LogP contribution >= 0.6 is 0 Å². The van der Waals surface area contributed by atoms with Gasteiger partial charge in [0, 0.05) is 6.42 Å². The number of carbonyl (C=O) groups is 2. The van der Waals surface area contributed by atoms with Crippen LogP contribution in [0.4, 0.5) is 4.39 Å². The molecular weight excluding hydrogens is 363 g/mol. The average molecular weight is 390 g/mol. The van der Waals surface area contributed by atoms with Gasteiger partial charge < -0.3 is 9.88 Å². The smallest absolute Gasteiger partial charge is 0.233 e. The zero-order chi connectivity index (χ0) is 20.1. The molecule has 8 heteroatoms. The van der Waals surface area contributed by atoms with Crippen molar-refractivity contribution in [1.29, 1.82) is 0 Å². The van der Waals surface area contributed by atoms with Crippen molar-refractivity contribution >= 4 is 23.4 Å². The number of hydroxylamine groups is 2. The number of para-hydroxylation sites is 2. The van der Waals surface area contributed by atoms with Crippen molar-refractivity contribution < 1.29 is 19.2 Å². The van der Waals surface area contributed by atoms with Crippen LogP contribution in [0.3, 0.4) is 0 Å². The van der Waals surface area contributed by atoms with Crippen LogP contribution in [0.25, 0.3) is 11.0 Å². The van der Waals surface area contributed by atoms with Gasteiger partial charge in [-0.3, -0.25) is 14.8 Å². The zero-order valence-electron chi connectivity index (χ0n) is 16.1. The van der Waals surface area contributed by atoms with E-state index in [1.165, 1.54) is 4.90 Å². The van der Waals surface area contributed by atoms with Crippen LogP contribution in [0.15, 0.2) is 24.3 Å². The Morgan fingerprint density at radius 3 is 2.96 bits per heavy atom. The highest BCUT2D eigenvalue weighted by Gasteiger charge is 2.40. The van der Waals surface area contributed by atoms with Crippen molar-refractivity contribution in [2.45, 2.75) is 51.2 Å². The Balaban J connectivity index is 1.81. The number of imidazole rings is 1. The Morgan fingerprint density at radius 1 is 1.46 bits per heavy atom. The number of halogens is 1. The van der Waals surface area contributed by atoms with E-state index in [4.69, 9.17) is 0 Å². The van der Waals surface area contributed by atoms with Crippen molar-refractivity contribution in [3.63, 3.8) is 0 Å². The average Bonchev–Trinajstić information content (AvgIpc) is 3.29. The van der Waals surface area contributed by atoms with Gasteiger partial charge in [0.1, 0.15) is 12.0 Å². The first-order chi connectivity index (χ1) is 13.5. The summed E-state index contributed by atoms with van der Waals surface area (Å²) in [6.07, 6.45) is 2.64. The number of hydrogen-bond acceptors (Lipinski definition) is 4. The molecule has 3 rings (SSSR count). The van der Waals surface area contributed by atoms with E-state index in [9.17, 15) is 19.2 Å². The number of amides is 2. The summed E-state index contributed by atoms with van der Waals surface area (Å²) >= 11 is 0. The molecule has 2 N–H and O–H groups in total. The van der Waals surface area contributed by atoms with Gasteiger partial charge in [-0.15, -0.1) is 0 Å². The minimum atomic E-state index is -1.13. The van der Waals surface area contributed by atoms with Crippen LogP contribution in [0.1, 0.15) is 50.9 Å². The third-order valence-electron chi connectivity index (χ3n) is 5.29. The molecule has 0 saturated carbocycles. The third-order valence-corrected chi connectivity index (χ3v) is 5.29. The fraction of sp³-hybridized carbons (Fsp3) is 0.550. The number of fused-ring (bicyclic) bond motifs is 1. The van der Waals surface area contributed by atoms with E-state index in [1.807, 2.05) is 24.3 Å². The van der Waals surface area contributed by atoms with Crippen molar-refractivity contribution in [3.05, 3.63) is 30.1 Å². The van der Waals surface area contributed by atoms with E-state index in [-0.39, 0.29) is 25.4 Å². The Bertz CT molecular complexity index is 779. The molecule has 1 unspecified atom stereocenters. The van der Waals surface area contributed by atoms with Crippen LogP contribution in [-0.4, -0.2) is 56.7 Å². The lowest BCUT2D eigenvalue weighted by molar-refractivity contribution is -0.157. The van der Waals surface area contributed by atoms with Crippen LogP contribution in [0, 0.1) is 5.92 Å². The van der Waals surface area contributed by atoms with Crippen LogP contribution in [0.5, 0.6) is 0 Å². The number of carbonyl (C=O) groups excluding carboxylic acids is 2. The number of aromatic nitrogens is 2. The Hall–Kier alpha value is -2.48. The van der Waals surface area contributed by atoms with Crippen molar-refractivity contribution in [3.8, 4) is 0 Å². The molecule has 0 radical (unpaired) electrons. The van der Waals surface area contributed by atoms with E-state index in [0.717, 1.165) is 30.3 Å². The fourth-order valence-electron chi connectivity index (χ4n) is 3.85. The summed E-state index contributed by atoms with van der Waals surface area (Å²) in [7, 11) is 0. The zero-order valence-corrected chi connectivity index (χ0v) is 16.1. The molecule has 1 aromatic heterocycles. The quantitative estimate of drug-likeness (QED) is 0.298. The number of aromatic amines is 1. The number of benzene rings is 1. The van der Waals surface area contributed by atoms with Gasteiger partial charge in [0.2, 0.25) is 12.3 Å². The minimum Gasteiger partial charge on any atom is -0.340 e. The van der Waals surface area contributed by atoms with E-state index < -0.39 is 18.1 Å². The molecule has 2 aromatic rings. The molecule has 1 aliphatic rings. The van der Waals surface area contributed by atoms with Gasteiger partial charge in [0.05, 0.1) is 36.1 Å². The molecule has 0 aliphatic carbocycles. The van der Waals surface area contributed by atoms with Gasteiger partial charge in [-0.2, -0.15) is 0 Å². The van der Waals surface area contributed by atoms with E-state index in [1.54, 1.807) is 0 Å². The Labute approximate surface area is 163 Å². The highest BCUT2D eigenvalue weighted by Crippen LogP contribution is 2.35. The first kappa shape index (κ1) is 20.3. The number of alkyl halides is 1. The molecule has 28 heavy (non-hydrogen) atoms. The number of nitrogens with one attached hydrogen (secondary N) is 1. The predicted molar refractivity (Wildman–Crippen MR) is 102 cm³/mol. The standard InChI is InChI=1S/C20H27FN4O3/c1-2-3-4-7-14(11-24(28)13-26)20(27)25-12-15(21)10-18(25)19-22-16-8-5-6-9-17(16)23-19/h5-6,8-9,13-15,18,28H,2-4,7,10-12H2,1H3,(H,22,23)/t14?,15-,18+/m0/s1. The fourth-order valence-corrected chi connectivity index (χ4v) is 3.85. The van der Waals surface area contributed by atoms with Crippen LogP contribution in [0.2, 0.25) is 0 Å². The Kier molecular flexibility index (Phi) is 6.61. The number of likely N-dealkylation sites (tertiary alicyclic amines) is 1. The summed E-state index contributed by atoms with van der Waals surface area (Å²) in [5.41, 5.74) is 1.61. The number of rotatable bonds is 9. The van der Waals surface area contributed by atoms with Gasteiger partial charge in [-0.05, 0) is 18.6 Å². The lowest BCUT2D eigenvalue weighted by atomic mass is 9.99. The molecular formula is C20H27FN4O3. The van der Waals surface area contributed by atoms with Crippen molar-refractivity contribution in [1.82, 2.24) is 19.9 Å². The highest BCUT2D eigenvalue weighted by atomic mass is 19.1. The second-order valence-corrected chi connectivity index (χ2v) is 7.40. The molecule has 0 bridgehead atoms. The monoisotopic (exact) mass is 390 g/mol. The predicted octanol–water partition coefficient (Wildman–Crippen LogP) is 3.22. The Morgan fingerprint density at radius 2 is 2.25 bits per heavy atom. The molecule has 2 heterocycles. The number of H-pyrrole nitrogens is 1. The van der Waals surface area contributed by atoms with Crippen LogP contribution in [-0.2, 0) is 9.59 Å². The van der Waals surface area contributed by atoms with Crippen molar-refractivity contribution in [2.24, 2.45) is 5.92 Å². The molecule has 1 aliphatic heterocycles. The van der Waals surface area contributed by atoms with Gasteiger partial charge in [0.25, 0.3) is 0 Å². The highest BCUT2D eigenvalue weighted by molar-refractivity contribution is 5.80. The van der Waals surface area contributed by atoms with Gasteiger partial charge in [0.15, 0.2) is 0 Å². The summed E-state index contributed by atoms with van der Waals surface area (Å²) in [4.78, 5) is 33.3. The van der Waals surface area contributed by atoms with Gasteiger partial charge in [-0.1, -0.05) is 38.3 Å². The molecule has 3 atom stereocenters. The molecule has 1 saturated heterocycles. The second-order valence-electron chi connectivity index (χ2n) is 7.40. The summed E-state index contributed by atoms with van der Waals surface area (Å²) in [6.45, 7) is 1.97.